The fourth-order valence-corrected chi connectivity index (χ4v) is 8.74. The molecule has 0 radical (unpaired) electrons. The van der Waals surface area contributed by atoms with Gasteiger partial charge >= 0.3 is 0 Å². The maximum Gasteiger partial charge on any atom is 0.188 e. The lowest BCUT2D eigenvalue weighted by Crippen LogP contribution is -2.04. The monoisotopic (exact) mass is 764 g/mol. The molecule has 0 aliphatic heterocycles. The third kappa shape index (κ3) is 5.56. The summed E-state index contributed by atoms with van der Waals surface area (Å²) >= 11 is 0. The minimum absolute atomic E-state index is 0.598. The molecule has 0 amide bonds. The van der Waals surface area contributed by atoms with Crippen LogP contribution in [0.2, 0.25) is 0 Å². The summed E-state index contributed by atoms with van der Waals surface area (Å²) in [5.74, 6) is 0.637. The maximum atomic E-state index is 7.85. The molecule has 0 unspecified atom stereocenters. The van der Waals surface area contributed by atoms with Crippen LogP contribution in [0, 0.1) is 13.1 Å². The number of para-hydroxylation sites is 3. The van der Waals surface area contributed by atoms with Crippen molar-refractivity contribution in [3.8, 4) is 56.4 Å². The molecule has 278 valence electrons. The third-order valence-electron chi connectivity index (χ3n) is 11.4. The van der Waals surface area contributed by atoms with Crippen molar-refractivity contribution in [2.24, 2.45) is 0 Å². The van der Waals surface area contributed by atoms with Crippen LogP contribution in [0.1, 0.15) is 0 Å². The van der Waals surface area contributed by atoms with E-state index in [1.165, 1.54) is 0 Å². The molecule has 11 rings (SSSR count). The smallest absolute Gasteiger partial charge is 0.188 e. The van der Waals surface area contributed by atoms with Gasteiger partial charge in [0, 0.05) is 38.6 Å². The Bertz CT molecular complexity index is 3510. The van der Waals surface area contributed by atoms with Crippen molar-refractivity contribution in [3.63, 3.8) is 0 Å². The third-order valence-corrected chi connectivity index (χ3v) is 11.4. The molecule has 0 spiro atoms. The molecular weight excluding hydrogens is 733 g/mol. The first-order valence-corrected chi connectivity index (χ1v) is 19.7. The highest BCUT2D eigenvalue weighted by Crippen LogP contribution is 2.45. The molecule has 6 heteroatoms. The van der Waals surface area contributed by atoms with E-state index < -0.39 is 0 Å². The van der Waals surface area contributed by atoms with Gasteiger partial charge in [0.15, 0.2) is 17.2 Å². The van der Waals surface area contributed by atoms with Gasteiger partial charge in [-0.15, -0.1) is 0 Å². The standard InChI is InChI=1S/C54H32N6/c1-55-37-28-30-50-43(32-37)39-20-9-12-24-47(39)59(50)49-26-14-11-22-42(49)53-41(46-34-45(35-16-5-3-6-17-35)57-54(58-46)36-18-7-4-8-19-36)23-15-27-52(53)60-48-25-13-10-21-40(48)44-33-38(56-2)29-31-51(44)60/h3-34H. The fourth-order valence-electron chi connectivity index (χ4n) is 8.74. The predicted molar refractivity (Wildman–Crippen MR) is 245 cm³/mol. The Balaban J connectivity index is 1.28. The average Bonchev–Trinajstić information content (AvgIpc) is 3.83. The lowest BCUT2D eigenvalue weighted by molar-refractivity contribution is 1.15. The number of fused-ring (bicyclic) bond motifs is 6. The minimum Gasteiger partial charge on any atom is -0.309 e. The van der Waals surface area contributed by atoms with E-state index in [2.05, 4.69) is 152 Å². The summed E-state index contributed by atoms with van der Waals surface area (Å²) in [6, 6.07) is 66.3. The van der Waals surface area contributed by atoms with Crippen molar-refractivity contribution < 1.29 is 0 Å². The zero-order valence-corrected chi connectivity index (χ0v) is 32.2. The van der Waals surface area contributed by atoms with Crippen molar-refractivity contribution in [3.05, 3.63) is 217 Å². The van der Waals surface area contributed by atoms with Crippen LogP contribution >= 0.6 is 0 Å². The normalized spacial score (nSPS) is 11.3. The van der Waals surface area contributed by atoms with Crippen LogP contribution in [0.15, 0.2) is 194 Å². The summed E-state index contributed by atoms with van der Waals surface area (Å²) in [5, 5.41) is 4.19. The topological polar surface area (TPSA) is 44.4 Å². The zero-order valence-electron chi connectivity index (χ0n) is 32.2. The van der Waals surface area contributed by atoms with Gasteiger partial charge in [0.25, 0.3) is 0 Å². The summed E-state index contributed by atoms with van der Waals surface area (Å²) in [5.41, 5.74) is 13.7. The highest BCUT2D eigenvalue weighted by Gasteiger charge is 2.24. The molecule has 0 aliphatic carbocycles. The van der Waals surface area contributed by atoms with Crippen molar-refractivity contribution in [1.29, 1.82) is 0 Å². The number of nitrogens with zero attached hydrogens (tertiary/aromatic N) is 6. The van der Waals surface area contributed by atoms with Crippen LogP contribution in [0.3, 0.4) is 0 Å². The molecule has 0 saturated carbocycles. The summed E-state index contributed by atoms with van der Waals surface area (Å²) in [6.45, 7) is 15.7. The van der Waals surface area contributed by atoms with E-state index in [1.54, 1.807) is 0 Å². The first-order chi connectivity index (χ1) is 29.7. The molecule has 6 nitrogen and oxygen atoms in total. The lowest BCUT2D eigenvalue weighted by atomic mass is 9.93. The predicted octanol–water partition coefficient (Wildman–Crippen LogP) is 14.4. The zero-order chi connectivity index (χ0) is 40.2. The van der Waals surface area contributed by atoms with Crippen LogP contribution in [0.25, 0.3) is 110 Å². The average molecular weight is 765 g/mol. The molecule has 0 bridgehead atoms. The first kappa shape index (κ1) is 34.7. The van der Waals surface area contributed by atoms with Gasteiger partial charge < -0.3 is 9.13 Å². The van der Waals surface area contributed by atoms with Crippen molar-refractivity contribution in [2.75, 3.05) is 0 Å². The first-order valence-electron chi connectivity index (χ1n) is 19.7. The number of aromatic nitrogens is 4. The van der Waals surface area contributed by atoms with E-state index in [0.29, 0.717) is 17.2 Å². The van der Waals surface area contributed by atoms with E-state index in [4.69, 9.17) is 23.1 Å². The summed E-state index contributed by atoms with van der Waals surface area (Å²) in [7, 11) is 0. The molecule has 0 saturated heterocycles. The molecule has 3 aromatic heterocycles. The molecule has 8 aromatic carbocycles. The van der Waals surface area contributed by atoms with Crippen LogP contribution in [0.4, 0.5) is 11.4 Å². The van der Waals surface area contributed by atoms with E-state index in [9.17, 15) is 0 Å². The summed E-state index contributed by atoms with van der Waals surface area (Å²) in [4.78, 5) is 18.1. The molecule has 0 atom stereocenters. The highest BCUT2D eigenvalue weighted by molar-refractivity contribution is 6.13. The lowest BCUT2D eigenvalue weighted by Gasteiger charge is -2.22. The Hall–Kier alpha value is -8.58. The number of benzene rings is 8. The van der Waals surface area contributed by atoms with Gasteiger partial charge in [0.2, 0.25) is 0 Å². The largest absolute Gasteiger partial charge is 0.309 e. The molecule has 0 N–H and O–H groups in total. The van der Waals surface area contributed by atoms with Gasteiger partial charge in [-0.3, -0.25) is 0 Å². The quantitative estimate of drug-likeness (QED) is 0.158. The maximum absolute atomic E-state index is 7.85. The van der Waals surface area contributed by atoms with Crippen molar-refractivity contribution in [2.45, 2.75) is 0 Å². The molecule has 11 aromatic rings. The van der Waals surface area contributed by atoms with Gasteiger partial charge in [0.05, 0.1) is 58.0 Å². The van der Waals surface area contributed by atoms with Gasteiger partial charge in [-0.1, -0.05) is 140 Å². The molecule has 60 heavy (non-hydrogen) atoms. The van der Waals surface area contributed by atoms with Crippen LogP contribution in [0.5, 0.6) is 0 Å². The summed E-state index contributed by atoms with van der Waals surface area (Å²) in [6.07, 6.45) is 0. The van der Waals surface area contributed by atoms with E-state index in [1.807, 2.05) is 60.7 Å². The summed E-state index contributed by atoms with van der Waals surface area (Å²) < 4.78 is 4.66. The second-order valence-electron chi connectivity index (χ2n) is 14.7. The van der Waals surface area contributed by atoms with Gasteiger partial charge in [0.1, 0.15) is 0 Å². The second-order valence-corrected chi connectivity index (χ2v) is 14.7. The number of hydrogen-bond acceptors (Lipinski definition) is 2. The Morgan fingerprint density at radius 3 is 1.48 bits per heavy atom. The van der Waals surface area contributed by atoms with E-state index >= 15 is 0 Å². The molecular formula is C54H32N6. The molecule has 3 heterocycles. The van der Waals surface area contributed by atoms with Crippen molar-refractivity contribution in [1.82, 2.24) is 19.1 Å². The van der Waals surface area contributed by atoms with Crippen LogP contribution < -0.4 is 0 Å². The minimum atomic E-state index is 0.598. The van der Waals surface area contributed by atoms with E-state index in [-0.39, 0.29) is 0 Å². The van der Waals surface area contributed by atoms with Crippen LogP contribution in [-0.2, 0) is 0 Å². The number of rotatable bonds is 6. The van der Waals surface area contributed by atoms with Gasteiger partial charge in [-0.05, 0) is 65.4 Å². The molecule has 0 fully saturated rings. The Labute approximate surface area is 346 Å². The Morgan fingerprint density at radius 1 is 0.367 bits per heavy atom. The Kier molecular flexibility index (Phi) is 8.15. The Morgan fingerprint density at radius 2 is 0.850 bits per heavy atom. The number of hydrogen-bond donors (Lipinski definition) is 0. The van der Waals surface area contributed by atoms with Crippen molar-refractivity contribution >= 4 is 55.0 Å². The molecule has 0 aliphatic rings. The van der Waals surface area contributed by atoms with Gasteiger partial charge in [-0.2, -0.15) is 0 Å². The highest BCUT2D eigenvalue weighted by atomic mass is 15.0. The van der Waals surface area contributed by atoms with Crippen LogP contribution in [-0.4, -0.2) is 19.1 Å². The fraction of sp³-hybridized carbons (Fsp3) is 0. The second kappa shape index (κ2) is 14.1. The van der Waals surface area contributed by atoms with Gasteiger partial charge in [-0.25, -0.2) is 19.7 Å². The SMILES string of the molecule is [C-]#[N+]c1ccc2c(c1)c1ccccc1n2-c1ccccc1-c1c(-c2cc(-c3ccccc3)nc(-c3ccccc3)n2)cccc1-n1c2ccccc2c2cc([N+]#[C-])ccc21. The van der Waals surface area contributed by atoms with E-state index in [0.717, 1.165) is 94.2 Å².